The average Bonchev–Trinajstić information content (AvgIpc) is 1.59. The second-order valence-corrected chi connectivity index (χ2v) is 8.67. The highest BCUT2D eigenvalue weighted by Crippen LogP contribution is 1.95. The summed E-state index contributed by atoms with van der Waals surface area (Å²) in [6.07, 6.45) is 1.13. The molecule has 0 aliphatic heterocycles. The fourth-order valence-electron chi connectivity index (χ4n) is 0.447. The Bertz CT molecular complexity index is 57.9. The number of nitrogens with one attached hydrogen (secondary N) is 1. The molecule has 0 saturated carbocycles. The summed E-state index contributed by atoms with van der Waals surface area (Å²) in [5, 5.41) is 3.13. The maximum atomic E-state index is 5.25. The van der Waals surface area contributed by atoms with Gasteiger partial charge in [0.1, 0.15) is 0 Å². The predicted molar refractivity (Wildman–Crippen MR) is 40.4 cm³/mol. The van der Waals surface area contributed by atoms with Crippen molar-refractivity contribution < 1.29 is 0 Å². The molecule has 0 spiro atoms. The summed E-state index contributed by atoms with van der Waals surface area (Å²) in [4.78, 5) is 0. The van der Waals surface area contributed by atoms with E-state index in [2.05, 4.69) is 25.0 Å². The first kappa shape index (κ1) is 8.14. The molecule has 3 heteroatoms. The molecule has 0 amide bonds. The molecule has 0 aliphatic carbocycles. The lowest BCUT2D eigenvalue weighted by Gasteiger charge is -2.14. The van der Waals surface area contributed by atoms with Crippen LogP contribution in [0.1, 0.15) is 0 Å². The normalized spacial score (nSPS) is 12.0. The molecule has 3 N–H and O–H groups in total. The fourth-order valence-corrected chi connectivity index (χ4v) is 1.34. The molecule has 0 radical (unpaired) electrons. The zero-order valence-corrected chi connectivity index (χ0v) is 6.99. The number of rotatable bonds is 3. The first-order valence-electron chi connectivity index (χ1n) is 2.97. The maximum Gasteiger partial charge on any atom is 0.0596 e. The van der Waals surface area contributed by atoms with E-state index in [1.54, 1.807) is 0 Å². The Balaban J connectivity index is 3.11. The van der Waals surface area contributed by atoms with Gasteiger partial charge in [-0.1, -0.05) is 19.6 Å². The SMILES string of the molecule is C[Si](C)(C)CNCN. The van der Waals surface area contributed by atoms with E-state index in [1.165, 1.54) is 0 Å². The summed E-state index contributed by atoms with van der Waals surface area (Å²) in [5.74, 6) is 0. The quantitative estimate of drug-likeness (QED) is 0.430. The van der Waals surface area contributed by atoms with Crippen molar-refractivity contribution in [2.75, 3.05) is 12.8 Å². The molecule has 8 heavy (non-hydrogen) atoms. The Morgan fingerprint density at radius 1 is 1.38 bits per heavy atom. The molecule has 0 aromatic rings. The lowest BCUT2D eigenvalue weighted by atomic mass is 11.1. The van der Waals surface area contributed by atoms with Crippen LogP contribution in [0.3, 0.4) is 0 Å². The van der Waals surface area contributed by atoms with Crippen LogP contribution in [0, 0.1) is 0 Å². The molecule has 0 atom stereocenters. The van der Waals surface area contributed by atoms with Gasteiger partial charge in [0, 0.05) is 6.67 Å². The summed E-state index contributed by atoms with van der Waals surface area (Å²) in [6.45, 7) is 7.56. The highest BCUT2D eigenvalue weighted by atomic mass is 28.3. The maximum absolute atomic E-state index is 5.25. The van der Waals surface area contributed by atoms with E-state index in [9.17, 15) is 0 Å². The molecule has 0 unspecified atom stereocenters. The van der Waals surface area contributed by atoms with Gasteiger partial charge in [0.2, 0.25) is 0 Å². The van der Waals surface area contributed by atoms with Crippen LogP contribution in [0.15, 0.2) is 0 Å². The van der Waals surface area contributed by atoms with Crippen LogP contribution in [0.4, 0.5) is 0 Å². The first-order valence-corrected chi connectivity index (χ1v) is 6.68. The fraction of sp³-hybridized carbons (Fsp3) is 1.00. The van der Waals surface area contributed by atoms with Gasteiger partial charge in [0.15, 0.2) is 0 Å². The van der Waals surface area contributed by atoms with Gasteiger partial charge in [-0.3, -0.25) is 0 Å². The number of hydrogen-bond acceptors (Lipinski definition) is 2. The van der Waals surface area contributed by atoms with Gasteiger partial charge in [-0.05, 0) is 6.17 Å². The summed E-state index contributed by atoms with van der Waals surface area (Å²) < 4.78 is 0. The van der Waals surface area contributed by atoms with E-state index in [0.29, 0.717) is 6.67 Å². The third-order valence-electron chi connectivity index (χ3n) is 0.800. The van der Waals surface area contributed by atoms with Crippen LogP contribution in [0.2, 0.25) is 19.6 Å². The van der Waals surface area contributed by atoms with Gasteiger partial charge >= 0.3 is 0 Å². The van der Waals surface area contributed by atoms with Crippen molar-refractivity contribution in [3.63, 3.8) is 0 Å². The molecule has 0 aromatic heterocycles. The summed E-state index contributed by atoms with van der Waals surface area (Å²) in [7, 11) is -0.869. The van der Waals surface area contributed by atoms with Crippen LogP contribution in [0.5, 0.6) is 0 Å². The van der Waals surface area contributed by atoms with Crippen LogP contribution >= 0.6 is 0 Å². The molecule has 0 rings (SSSR count). The minimum Gasteiger partial charge on any atom is -0.319 e. The van der Waals surface area contributed by atoms with Gasteiger partial charge in [0.25, 0.3) is 0 Å². The highest BCUT2D eigenvalue weighted by molar-refractivity contribution is 6.76. The van der Waals surface area contributed by atoms with Gasteiger partial charge < -0.3 is 11.1 Å². The van der Waals surface area contributed by atoms with Crippen LogP contribution in [0.25, 0.3) is 0 Å². The lowest BCUT2D eigenvalue weighted by molar-refractivity contribution is 0.793. The molecule has 0 fully saturated rings. The summed E-state index contributed by atoms with van der Waals surface area (Å²) >= 11 is 0. The first-order chi connectivity index (χ1) is 3.56. The van der Waals surface area contributed by atoms with Gasteiger partial charge in [0.05, 0.1) is 8.07 Å². The molecule has 0 aromatic carbocycles. The van der Waals surface area contributed by atoms with E-state index in [1.807, 2.05) is 0 Å². The molecular formula is C5H16N2Si. The molecule has 0 aliphatic rings. The van der Waals surface area contributed by atoms with Crippen molar-refractivity contribution in [1.82, 2.24) is 5.32 Å². The van der Waals surface area contributed by atoms with E-state index in [0.717, 1.165) is 6.17 Å². The Morgan fingerprint density at radius 3 is 2.00 bits per heavy atom. The second-order valence-electron chi connectivity index (χ2n) is 3.19. The van der Waals surface area contributed by atoms with Crippen LogP contribution in [-0.4, -0.2) is 20.9 Å². The molecule has 0 bridgehead atoms. The largest absolute Gasteiger partial charge is 0.319 e. The summed E-state index contributed by atoms with van der Waals surface area (Å²) in [5.41, 5.74) is 5.25. The Morgan fingerprint density at radius 2 is 1.88 bits per heavy atom. The van der Waals surface area contributed by atoms with Crippen molar-refractivity contribution in [3.8, 4) is 0 Å². The second kappa shape index (κ2) is 3.22. The van der Waals surface area contributed by atoms with Crippen molar-refractivity contribution in [1.29, 1.82) is 0 Å². The molecular weight excluding hydrogens is 116 g/mol. The van der Waals surface area contributed by atoms with Crippen molar-refractivity contribution in [2.24, 2.45) is 5.73 Å². The molecule has 0 saturated heterocycles. The zero-order chi connectivity index (χ0) is 6.62. The Labute approximate surface area is 52.5 Å². The van der Waals surface area contributed by atoms with E-state index in [-0.39, 0.29) is 0 Å². The Hall–Kier alpha value is 0.137. The van der Waals surface area contributed by atoms with E-state index < -0.39 is 8.07 Å². The van der Waals surface area contributed by atoms with Crippen molar-refractivity contribution in [2.45, 2.75) is 19.6 Å². The van der Waals surface area contributed by atoms with Crippen molar-refractivity contribution in [3.05, 3.63) is 0 Å². The molecule has 2 nitrogen and oxygen atoms in total. The van der Waals surface area contributed by atoms with Gasteiger partial charge in [-0.15, -0.1) is 0 Å². The summed E-state index contributed by atoms with van der Waals surface area (Å²) in [6, 6.07) is 0. The zero-order valence-electron chi connectivity index (χ0n) is 5.99. The van der Waals surface area contributed by atoms with Gasteiger partial charge in [-0.2, -0.15) is 0 Å². The van der Waals surface area contributed by atoms with Crippen LogP contribution < -0.4 is 11.1 Å². The monoisotopic (exact) mass is 132 g/mol. The minimum atomic E-state index is -0.869. The predicted octanol–water partition coefficient (Wildman–Crippen LogP) is 0.370. The standard InChI is InChI=1S/C5H16N2Si/c1-8(2,3)5-7-4-6/h7H,4-6H2,1-3H3. The molecule has 50 valence electrons. The minimum absolute atomic E-state index is 0.615. The highest BCUT2D eigenvalue weighted by Gasteiger charge is 2.10. The van der Waals surface area contributed by atoms with Gasteiger partial charge in [-0.25, -0.2) is 0 Å². The van der Waals surface area contributed by atoms with Crippen molar-refractivity contribution >= 4 is 8.07 Å². The third-order valence-corrected chi connectivity index (χ3v) is 2.11. The lowest BCUT2D eigenvalue weighted by Crippen LogP contribution is -2.39. The smallest absolute Gasteiger partial charge is 0.0596 e. The number of hydrogen-bond donors (Lipinski definition) is 2. The number of nitrogens with two attached hydrogens (primary N) is 1. The molecule has 0 heterocycles. The van der Waals surface area contributed by atoms with E-state index in [4.69, 9.17) is 5.73 Å². The third kappa shape index (κ3) is 6.14. The van der Waals surface area contributed by atoms with Crippen LogP contribution in [-0.2, 0) is 0 Å². The topological polar surface area (TPSA) is 38.0 Å². The Kier molecular flexibility index (Phi) is 3.27. The van der Waals surface area contributed by atoms with E-state index >= 15 is 0 Å². The average molecular weight is 132 g/mol.